The van der Waals surface area contributed by atoms with Crippen molar-refractivity contribution >= 4 is 29.3 Å². The van der Waals surface area contributed by atoms with Crippen LogP contribution >= 0.6 is 0 Å². The monoisotopic (exact) mass is 393 g/mol. The minimum Gasteiger partial charge on any atom is -0.479 e. The zero-order valence-corrected chi connectivity index (χ0v) is 17.3. The Labute approximate surface area is 171 Å². The highest BCUT2D eigenvalue weighted by Crippen LogP contribution is 2.36. The Balaban J connectivity index is 1.75. The molecule has 1 atom stereocenters. The maximum Gasteiger partial charge on any atom is 0.267 e. The molecule has 0 saturated heterocycles. The molecule has 0 radical (unpaired) electrons. The number of ether oxygens (including phenoxy) is 1. The lowest BCUT2D eigenvalue weighted by Gasteiger charge is -2.34. The van der Waals surface area contributed by atoms with Gasteiger partial charge in [-0.15, -0.1) is 0 Å². The van der Waals surface area contributed by atoms with Crippen LogP contribution in [0.15, 0.2) is 48.5 Å². The fraction of sp³-hybridized carbons (Fsp3) is 0.304. The minimum atomic E-state index is -0.525. The van der Waals surface area contributed by atoms with Crippen molar-refractivity contribution < 1.29 is 14.3 Å². The van der Waals surface area contributed by atoms with Gasteiger partial charge >= 0.3 is 0 Å². The molecule has 1 N–H and O–H groups in total. The average molecular weight is 393 g/mol. The Morgan fingerprint density at radius 1 is 1.21 bits per heavy atom. The topological polar surface area (TPSA) is 61.9 Å². The predicted molar refractivity (Wildman–Crippen MR) is 116 cm³/mol. The summed E-state index contributed by atoms with van der Waals surface area (Å²) in [4.78, 5) is 28.7. The number of carbonyl (C=O) groups is 2. The Morgan fingerprint density at radius 3 is 2.62 bits per heavy atom. The smallest absolute Gasteiger partial charge is 0.267 e. The number of aryl methyl sites for hydroxylation is 1. The molecule has 6 nitrogen and oxygen atoms in total. The van der Waals surface area contributed by atoms with E-state index < -0.39 is 6.10 Å². The number of amides is 2. The molecule has 152 valence electrons. The number of rotatable bonds is 6. The summed E-state index contributed by atoms with van der Waals surface area (Å²) in [6.45, 7) is 5.05. The number of hydrogen-bond donors (Lipinski definition) is 1. The Bertz CT molecular complexity index is 919. The molecule has 0 spiro atoms. The van der Waals surface area contributed by atoms with Gasteiger partial charge < -0.3 is 19.9 Å². The molecule has 0 aliphatic carbocycles. The van der Waals surface area contributed by atoms with E-state index in [1.54, 1.807) is 36.1 Å². The van der Waals surface area contributed by atoms with Gasteiger partial charge in [-0.25, -0.2) is 0 Å². The molecule has 0 aromatic heterocycles. The summed E-state index contributed by atoms with van der Waals surface area (Å²) in [5.41, 5.74) is 3.42. The predicted octanol–water partition coefficient (Wildman–Crippen LogP) is 3.32. The van der Waals surface area contributed by atoms with E-state index in [-0.39, 0.29) is 11.8 Å². The molecule has 0 fully saturated rings. The summed E-state index contributed by atoms with van der Waals surface area (Å²) >= 11 is 0. The molecular formula is C23H27N3O3. The third kappa shape index (κ3) is 5.23. The van der Waals surface area contributed by atoms with Crippen molar-refractivity contribution in [2.75, 3.05) is 37.4 Å². The summed E-state index contributed by atoms with van der Waals surface area (Å²) in [7, 11) is 3.93. The second-order valence-corrected chi connectivity index (χ2v) is 7.47. The van der Waals surface area contributed by atoms with Crippen LogP contribution in [-0.2, 0) is 9.59 Å². The van der Waals surface area contributed by atoms with E-state index >= 15 is 0 Å². The van der Waals surface area contributed by atoms with Crippen LogP contribution in [0.25, 0.3) is 6.08 Å². The number of hydrogen-bond acceptors (Lipinski definition) is 4. The van der Waals surface area contributed by atoms with Crippen molar-refractivity contribution in [1.29, 1.82) is 0 Å². The third-order valence-electron chi connectivity index (χ3n) is 4.71. The highest BCUT2D eigenvalue weighted by molar-refractivity contribution is 6.04. The van der Waals surface area contributed by atoms with Gasteiger partial charge in [0.05, 0.1) is 5.69 Å². The summed E-state index contributed by atoms with van der Waals surface area (Å²) < 4.78 is 5.72. The first-order valence-electron chi connectivity index (χ1n) is 9.66. The van der Waals surface area contributed by atoms with Gasteiger partial charge in [-0.05, 0) is 57.8 Å². The number of nitrogens with zero attached hydrogens (tertiary/aromatic N) is 2. The van der Waals surface area contributed by atoms with Gasteiger partial charge in [0.25, 0.3) is 5.91 Å². The molecule has 3 rings (SSSR count). The maximum atomic E-state index is 12.6. The molecule has 2 aromatic rings. The number of anilines is 2. The van der Waals surface area contributed by atoms with E-state index in [9.17, 15) is 9.59 Å². The van der Waals surface area contributed by atoms with Gasteiger partial charge in [0.1, 0.15) is 5.75 Å². The summed E-state index contributed by atoms with van der Waals surface area (Å²) in [5.74, 6) is 0.327. The van der Waals surface area contributed by atoms with E-state index in [0.29, 0.717) is 23.7 Å². The molecule has 29 heavy (non-hydrogen) atoms. The van der Waals surface area contributed by atoms with Crippen molar-refractivity contribution in [2.24, 2.45) is 0 Å². The SMILES string of the molecule is Cc1ccc(/C=C/C(=O)Nc2ccc3c(c2)N(CCN(C)C)C(=O)C(C)O3)cc1. The van der Waals surface area contributed by atoms with E-state index in [1.165, 1.54) is 11.6 Å². The first-order chi connectivity index (χ1) is 13.8. The molecular weight excluding hydrogens is 366 g/mol. The van der Waals surface area contributed by atoms with Crippen molar-refractivity contribution in [3.05, 3.63) is 59.7 Å². The van der Waals surface area contributed by atoms with E-state index in [0.717, 1.165) is 12.1 Å². The Morgan fingerprint density at radius 2 is 1.93 bits per heavy atom. The molecule has 1 aliphatic rings. The number of fused-ring (bicyclic) bond motifs is 1. The van der Waals surface area contributed by atoms with Gasteiger partial charge in [-0.1, -0.05) is 29.8 Å². The molecule has 1 heterocycles. The van der Waals surface area contributed by atoms with E-state index in [2.05, 4.69) is 5.32 Å². The lowest BCUT2D eigenvalue weighted by Crippen LogP contribution is -2.46. The normalized spacial score (nSPS) is 16.1. The molecule has 2 aromatic carbocycles. The summed E-state index contributed by atoms with van der Waals surface area (Å²) in [5, 5.41) is 2.86. The van der Waals surface area contributed by atoms with Crippen LogP contribution in [-0.4, -0.2) is 50.0 Å². The molecule has 0 bridgehead atoms. The summed E-state index contributed by atoms with van der Waals surface area (Å²) in [6.07, 6.45) is 2.74. The molecule has 2 amide bonds. The van der Waals surface area contributed by atoms with Gasteiger partial charge in [0.2, 0.25) is 5.91 Å². The highest BCUT2D eigenvalue weighted by Gasteiger charge is 2.31. The van der Waals surface area contributed by atoms with Crippen LogP contribution in [0.3, 0.4) is 0 Å². The van der Waals surface area contributed by atoms with Crippen molar-refractivity contribution in [2.45, 2.75) is 20.0 Å². The lowest BCUT2D eigenvalue weighted by molar-refractivity contribution is -0.125. The fourth-order valence-electron chi connectivity index (χ4n) is 3.05. The zero-order valence-electron chi connectivity index (χ0n) is 17.3. The van der Waals surface area contributed by atoms with Crippen molar-refractivity contribution in [3.63, 3.8) is 0 Å². The average Bonchev–Trinajstić information content (AvgIpc) is 2.68. The standard InChI is InChI=1S/C23H27N3O3/c1-16-5-7-18(8-6-16)9-12-22(27)24-19-10-11-21-20(15-19)26(14-13-25(3)4)23(28)17(2)29-21/h5-12,15,17H,13-14H2,1-4H3,(H,24,27)/b12-9+. The Hall–Kier alpha value is -3.12. The Kier molecular flexibility index (Phi) is 6.34. The fourth-order valence-corrected chi connectivity index (χ4v) is 3.05. The number of benzene rings is 2. The largest absolute Gasteiger partial charge is 0.479 e. The van der Waals surface area contributed by atoms with Gasteiger partial charge in [0, 0.05) is 24.9 Å². The molecule has 1 aliphatic heterocycles. The number of likely N-dealkylation sites (N-methyl/N-ethyl adjacent to an activating group) is 1. The second kappa shape index (κ2) is 8.92. The van der Waals surface area contributed by atoms with Crippen LogP contribution in [0, 0.1) is 6.92 Å². The van der Waals surface area contributed by atoms with Crippen LogP contribution < -0.4 is 15.0 Å². The molecule has 0 saturated carbocycles. The van der Waals surface area contributed by atoms with Crippen molar-refractivity contribution in [3.8, 4) is 5.75 Å². The molecule has 6 heteroatoms. The van der Waals surface area contributed by atoms with Crippen molar-refractivity contribution in [1.82, 2.24) is 4.90 Å². The summed E-state index contributed by atoms with van der Waals surface area (Å²) in [6, 6.07) is 13.3. The van der Waals surface area contributed by atoms with Crippen LogP contribution in [0.1, 0.15) is 18.1 Å². The quantitative estimate of drug-likeness (QED) is 0.765. The van der Waals surface area contributed by atoms with Crippen LogP contribution in [0.5, 0.6) is 5.75 Å². The van der Waals surface area contributed by atoms with Crippen LogP contribution in [0.4, 0.5) is 11.4 Å². The first-order valence-corrected chi connectivity index (χ1v) is 9.66. The lowest BCUT2D eigenvalue weighted by atomic mass is 10.1. The molecule has 1 unspecified atom stereocenters. The maximum absolute atomic E-state index is 12.6. The zero-order chi connectivity index (χ0) is 21.0. The first kappa shape index (κ1) is 20.6. The number of carbonyl (C=O) groups excluding carboxylic acids is 2. The van der Waals surface area contributed by atoms with Gasteiger partial charge in [-0.2, -0.15) is 0 Å². The second-order valence-electron chi connectivity index (χ2n) is 7.47. The van der Waals surface area contributed by atoms with Gasteiger partial charge in [-0.3, -0.25) is 9.59 Å². The van der Waals surface area contributed by atoms with Gasteiger partial charge in [0.15, 0.2) is 6.10 Å². The minimum absolute atomic E-state index is 0.0814. The highest BCUT2D eigenvalue weighted by atomic mass is 16.5. The van der Waals surface area contributed by atoms with E-state index in [4.69, 9.17) is 4.74 Å². The van der Waals surface area contributed by atoms with Crippen LogP contribution in [0.2, 0.25) is 0 Å². The van der Waals surface area contributed by atoms with E-state index in [1.807, 2.05) is 50.2 Å². The third-order valence-corrected chi connectivity index (χ3v) is 4.71. The number of nitrogens with one attached hydrogen (secondary N) is 1.